The van der Waals surface area contributed by atoms with Gasteiger partial charge in [-0.05, 0) is 25.5 Å². The third-order valence-corrected chi connectivity index (χ3v) is 5.26. The second-order valence-electron chi connectivity index (χ2n) is 6.59. The van der Waals surface area contributed by atoms with Crippen LogP contribution in [0.25, 0.3) is 0 Å². The summed E-state index contributed by atoms with van der Waals surface area (Å²) in [5.41, 5.74) is 7.65. The van der Waals surface area contributed by atoms with Crippen molar-refractivity contribution in [2.75, 3.05) is 26.7 Å². The number of fused-ring (bicyclic) bond motifs is 1. The molecule has 0 bridgehead atoms. The monoisotopic (exact) mass is 352 g/mol. The van der Waals surface area contributed by atoms with Gasteiger partial charge < -0.3 is 9.47 Å². The molecule has 1 N–H and O–H groups in total. The molecule has 0 radical (unpaired) electrons. The second-order valence-corrected chi connectivity index (χ2v) is 6.59. The van der Waals surface area contributed by atoms with E-state index in [2.05, 4.69) is 60.3 Å². The molecule has 0 aromatic heterocycles. The number of nitrogens with one attached hydrogen (secondary N) is 1. The van der Waals surface area contributed by atoms with Crippen LogP contribution in [-0.4, -0.2) is 37.8 Å². The lowest BCUT2D eigenvalue weighted by molar-refractivity contribution is -0.400. The molecule has 1 aliphatic rings. The molecule has 1 heterocycles. The van der Waals surface area contributed by atoms with E-state index in [1.807, 2.05) is 24.4 Å². The molecule has 0 fully saturated rings. The van der Waals surface area contributed by atoms with Crippen LogP contribution in [0.1, 0.15) is 25.8 Å². The van der Waals surface area contributed by atoms with E-state index in [0.717, 1.165) is 12.1 Å². The highest BCUT2D eigenvalue weighted by Gasteiger charge is 2.45. The molecular weight excluding hydrogens is 326 g/mol. The summed E-state index contributed by atoms with van der Waals surface area (Å²) in [6.45, 7) is 4.48. The van der Waals surface area contributed by atoms with Gasteiger partial charge in [0.2, 0.25) is 11.4 Å². The first-order valence-corrected chi connectivity index (χ1v) is 8.77. The molecule has 1 atom stereocenters. The average molecular weight is 352 g/mol. The molecule has 0 spiro atoms. The van der Waals surface area contributed by atoms with Gasteiger partial charge in [0.05, 0.1) is 25.3 Å². The maximum Gasteiger partial charge on any atom is 0.212 e. The maximum absolute atomic E-state index is 5.34. The molecule has 3 rings (SSSR count). The van der Waals surface area contributed by atoms with E-state index >= 15 is 0 Å². The molecule has 0 amide bonds. The largest absolute Gasteiger partial charge is 0.493 e. The molecule has 5 nitrogen and oxygen atoms in total. The third-order valence-electron chi connectivity index (χ3n) is 5.26. The zero-order valence-corrected chi connectivity index (χ0v) is 16.0. The van der Waals surface area contributed by atoms with Gasteiger partial charge in [0.1, 0.15) is 13.3 Å². The Morgan fingerprint density at radius 2 is 1.85 bits per heavy atom. The quantitative estimate of drug-likeness (QED) is 0.481. The van der Waals surface area contributed by atoms with Crippen LogP contribution < -0.4 is 14.9 Å². The fourth-order valence-electron chi connectivity index (χ4n) is 3.54. The van der Waals surface area contributed by atoms with E-state index in [-0.39, 0.29) is 5.41 Å². The number of benzene rings is 2. The Balaban J connectivity index is 1.86. The third kappa shape index (κ3) is 2.94. The van der Waals surface area contributed by atoms with E-state index in [1.165, 1.54) is 17.0 Å². The van der Waals surface area contributed by atoms with Crippen LogP contribution in [0.15, 0.2) is 47.6 Å². The Hall–Kier alpha value is -2.82. The van der Waals surface area contributed by atoms with Crippen molar-refractivity contribution in [3.8, 4) is 11.5 Å². The number of hydrogen-bond acceptors (Lipinski definition) is 4. The van der Waals surface area contributed by atoms with Gasteiger partial charge in [-0.2, -0.15) is 9.68 Å². The Labute approximate surface area is 155 Å². The number of anilines is 1. The minimum absolute atomic E-state index is 0.0475. The maximum atomic E-state index is 5.34. The molecule has 136 valence electrons. The van der Waals surface area contributed by atoms with E-state index < -0.39 is 0 Å². The lowest BCUT2D eigenvalue weighted by Gasteiger charge is -2.19. The number of ether oxygens (including phenoxy) is 2. The SMILES string of the molecule is CCC1(C)C(/C=N/Nc2ccc(OC)c(OC)c2)=[N+](C)c2ccccc21. The van der Waals surface area contributed by atoms with E-state index in [1.54, 1.807) is 14.2 Å². The van der Waals surface area contributed by atoms with Crippen LogP contribution in [-0.2, 0) is 5.41 Å². The topological polar surface area (TPSA) is 45.9 Å². The Morgan fingerprint density at radius 3 is 2.54 bits per heavy atom. The molecule has 0 saturated heterocycles. The molecule has 1 unspecified atom stereocenters. The van der Waals surface area contributed by atoms with Crippen molar-refractivity contribution in [1.29, 1.82) is 0 Å². The second kappa shape index (κ2) is 7.20. The summed E-state index contributed by atoms with van der Waals surface area (Å²) < 4.78 is 12.8. The molecular formula is C21H26N3O2+. The van der Waals surface area contributed by atoms with Gasteiger partial charge in [0, 0.05) is 17.7 Å². The smallest absolute Gasteiger partial charge is 0.212 e. The van der Waals surface area contributed by atoms with Crippen molar-refractivity contribution >= 4 is 23.3 Å². The summed E-state index contributed by atoms with van der Waals surface area (Å²) in [7, 11) is 5.34. The fourth-order valence-corrected chi connectivity index (χ4v) is 3.54. The first-order chi connectivity index (χ1) is 12.5. The Morgan fingerprint density at radius 1 is 1.12 bits per heavy atom. The van der Waals surface area contributed by atoms with Crippen LogP contribution >= 0.6 is 0 Å². The normalized spacial score (nSPS) is 19.0. The summed E-state index contributed by atoms with van der Waals surface area (Å²) >= 11 is 0. The first-order valence-electron chi connectivity index (χ1n) is 8.77. The highest BCUT2D eigenvalue weighted by molar-refractivity contribution is 6.33. The van der Waals surface area contributed by atoms with Crippen LogP contribution in [0, 0.1) is 0 Å². The average Bonchev–Trinajstić information content (AvgIpc) is 2.90. The highest BCUT2D eigenvalue weighted by atomic mass is 16.5. The summed E-state index contributed by atoms with van der Waals surface area (Å²) in [6.07, 6.45) is 2.92. The van der Waals surface area contributed by atoms with Gasteiger partial charge >= 0.3 is 0 Å². The Bertz CT molecular complexity index is 873. The van der Waals surface area contributed by atoms with Crippen LogP contribution in [0.4, 0.5) is 11.4 Å². The number of hydrogen-bond donors (Lipinski definition) is 1. The number of rotatable bonds is 6. The van der Waals surface area contributed by atoms with Crippen molar-refractivity contribution in [3.05, 3.63) is 48.0 Å². The van der Waals surface area contributed by atoms with E-state index in [0.29, 0.717) is 11.5 Å². The van der Waals surface area contributed by atoms with Crippen molar-refractivity contribution in [2.45, 2.75) is 25.7 Å². The van der Waals surface area contributed by atoms with Gasteiger partial charge in [-0.15, -0.1) is 0 Å². The summed E-state index contributed by atoms with van der Waals surface area (Å²) in [5.74, 6) is 1.37. The van der Waals surface area contributed by atoms with E-state index in [4.69, 9.17) is 9.47 Å². The standard InChI is InChI=1S/C21H25N3O2/c1-6-21(2)16-9-7-8-10-17(16)24(3)20(21)14-22-23-15-11-12-18(25-4)19(13-15)26-5/h7-14H,6H2,1-5H3/p+1. The first kappa shape index (κ1) is 18.0. The number of methoxy groups -OCH3 is 2. The van der Waals surface area contributed by atoms with E-state index in [9.17, 15) is 0 Å². The lowest BCUT2D eigenvalue weighted by atomic mass is 9.77. The van der Waals surface area contributed by atoms with Crippen molar-refractivity contribution < 1.29 is 14.0 Å². The van der Waals surface area contributed by atoms with Gasteiger partial charge in [-0.1, -0.05) is 25.1 Å². The summed E-state index contributed by atoms with van der Waals surface area (Å²) in [6, 6.07) is 14.2. The molecule has 1 aliphatic heterocycles. The predicted octanol–water partition coefficient (Wildman–Crippen LogP) is 4.20. The van der Waals surface area contributed by atoms with Crippen molar-refractivity contribution in [2.24, 2.45) is 5.10 Å². The van der Waals surface area contributed by atoms with Crippen molar-refractivity contribution in [1.82, 2.24) is 0 Å². The van der Waals surface area contributed by atoms with Gasteiger partial charge in [0.15, 0.2) is 11.5 Å². The van der Waals surface area contributed by atoms with Crippen LogP contribution in [0.2, 0.25) is 0 Å². The molecule has 26 heavy (non-hydrogen) atoms. The highest BCUT2D eigenvalue weighted by Crippen LogP contribution is 2.40. The minimum Gasteiger partial charge on any atom is -0.493 e. The number of nitrogens with zero attached hydrogens (tertiary/aromatic N) is 2. The van der Waals surface area contributed by atoms with Crippen LogP contribution in [0.3, 0.4) is 0 Å². The van der Waals surface area contributed by atoms with Gasteiger partial charge in [-0.3, -0.25) is 5.43 Å². The van der Waals surface area contributed by atoms with Crippen molar-refractivity contribution in [3.63, 3.8) is 0 Å². The number of para-hydroxylation sites is 1. The lowest BCUT2D eigenvalue weighted by Crippen LogP contribution is -2.32. The molecule has 5 heteroatoms. The van der Waals surface area contributed by atoms with Gasteiger partial charge in [-0.25, -0.2) is 0 Å². The molecule has 2 aromatic rings. The zero-order chi connectivity index (χ0) is 18.7. The molecule has 0 aliphatic carbocycles. The molecule has 2 aromatic carbocycles. The van der Waals surface area contributed by atoms with Crippen LogP contribution in [0.5, 0.6) is 11.5 Å². The minimum atomic E-state index is -0.0475. The predicted molar refractivity (Wildman–Crippen MR) is 107 cm³/mol. The Kier molecular flexibility index (Phi) is 4.98. The summed E-state index contributed by atoms with van der Waals surface area (Å²) in [4.78, 5) is 0. The summed E-state index contributed by atoms with van der Waals surface area (Å²) in [5, 5.41) is 4.48. The zero-order valence-electron chi connectivity index (χ0n) is 16.0. The van der Waals surface area contributed by atoms with Gasteiger partial charge in [0.25, 0.3) is 0 Å². The molecule has 0 saturated carbocycles. The number of hydrazone groups is 1. The fraction of sp³-hybridized carbons (Fsp3) is 0.333.